The maximum Gasteiger partial charge on any atom is 0.326 e. The molecule has 4 nitrogen and oxygen atoms in total. The molecule has 0 aliphatic heterocycles. The van der Waals surface area contributed by atoms with Crippen LogP contribution in [0.4, 0.5) is 17.6 Å². The zero-order chi connectivity index (χ0) is 13.9. The molecule has 2 N–H and O–H groups in total. The SMILES string of the molecule is COC(=O)C(N)COc1c(F)c(F)cc(F)c1F. The Kier molecular flexibility index (Phi) is 4.49. The average molecular weight is 267 g/mol. The molecule has 0 radical (unpaired) electrons. The van der Waals surface area contributed by atoms with E-state index in [0.717, 1.165) is 7.11 Å². The third kappa shape index (κ3) is 2.89. The summed E-state index contributed by atoms with van der Waals surface area (Å²) in [5.41, 5.74) is 5.22. The van der Waals surface area contributed by atoms with Gasteiger partial charge in [0.1, 0.15) is 12.6 Å². The lowest BCUT2D eigenvalue weighted by molar-refractivity contribution is -0.142. The Balaban J connectivity index is 2.88. The van der Waals surface area contributed by atoms with Crippen LogP contribution in [0, 0.1) is 23.3 Å². The normalized spacial score (nSPS) is 12.1. The highest BCUT2D eigenvalue weighted by atomic mass is 19.2. The lowest BCUT2D eigenvalue weighted by Gasteiger charge is -2.12. The van der Waals surface area contributed by atoms with Gasteiger partial charge in [-0.05, 0) is 0 Å². The number of hydrogen-bond acceptors (Lipinski definition) is 4. The molecule has 0 aliphatic rings. The minimum Gasteiger partial charge on any atom is -0.485 e. The van der Waals surface area contributed by atoms with Crippen LogP contribution in [0.3, 0.4) is 0 Å². The molecule has 0 fully saturated rings. The Bertz CT molecular complexity index is 441. The second kappa shape index (κ2) is 5.67. The monoisotopic (exact) mass is 267 g/mol. The van der Waals surface area contributed by atoms with Crippen LogP contribution in [0.25, 0.3) is 0 Å². The summed E-state index contributed by atoms with van der Waals surface area (Å²) in [7, 11) is 1.05. The van der Waals surface area contributed by atoms with E-state index in [4.69, 9.17) is 5.73 Å². The van der Waals surface area contributed by atoms with Crippen molar-refractivity contribution in [1.82, 2.24) is 0 Å². The molecule has 100 valence electrons. The molecule has 0 aliphatic carbocycles. The van der Waals surface area contributed by atoms with E-state index >= 15 is 0 Å². The van der Waals surface area contributed by atoms with Gasteiger partial charge in [-0.15, -0.1) is 0 Å². The summed E-state index contributed by atoms with van der Waals surface area (Å²) in [6, 6.07) is -1.29. The average Bonchev–Trinajstić information content (AvgIpc) is 2.35. The van der Waals surface area contributed by atoms with Crippen molar-refractivity contribution in [3.8, 4) is 5.75 Å². The molecule has 0 saturated heterocycles. The number of carbonyl (C=O) groups excluding carboxylic acids is 1. The molecule has 0 spiro atoms. The van der Waals surface area contributed by atoms with E-state index in [1.165, 1.54) is 0 Å². The van der Waals surface area contributed by atoms with Crippen molar-refractivity contribution < 1.29 is 31.8 Å². The highest BCUT2D eigenvalue weighted by molar-refractivity contribution is 5.75. The molecule has 0 saturated carbocycles. The Labute approximate surface area is 99.3 Å². The fourth-order valence-electron chi connectivity index (χ4n) is 1.07. The predicted molar refractivity (Wildman–Crippen MR) is 51.8 cm³/mol. The first-order valence-electron chi connectivity index (χ1n) is 4.67. The van der Waals surface area contributed by atoms with Crippen LogP contribution in [-0.2, 0) is 9.53 Å². The van der Waals surface area contributed by atoms with Gasteiger partial charge in [0.25, 0.3) is 0 Å². The number of halogens is 4. The minimum absolute atomic E-state index is 0.0394. The van der Waals surface area contributed by atoms with Crippen molar-refractivity contribution in [2.75, 3.05) is 13.7 Å². The van der Waals surface area contributed by atoms with Gasteiger partial charge in [0.15, 0.2) is 17.4 Å². The van der Waals surface area contributed by atoms with Crippen molar-refractivity contribution in [2.45, 2.75) is 6.04 Å². The van der Waals surface area contributed by atoms with Crippen molar-refractivity contribution in [3.63, 3.8) is 0 Å². The Morgan fingerprint density at radius 3 is 2.22 bits per heavy atom. The fraction of sp³-hybridized carbons (Fsp3) is 0.300. The minimum atomic E-state index is -1.70. The van der Waals surface area contributed by atoms with Crippen LogP contribution in [-0.4, -0.2) is 25.7 Å². The lowest BCUT2D eigenvalue weighted by Crippen LogP contribution is -2.37. The van der Waals surface area contributed by atoms with Gasteiger partial charge >= 0.3 is 5.97 Å². The Morgan fingerprint density at radius 1 is 1.28 bits per heavy atom. The molecule has 1 rings (SSSR count). The number of esters is 1. The highest BCUT2D eigenvalue weighted by Crippen LogP contribution is 2.26. The van der Waals surface area contributed by atoms with Gasteiger partial charge in [-0.25, -0.2) is 8.78 Å². The summed E-state index contributed by atoms with van der Waals surface area (Å²) in [5.74, 6) is -8.80. The van der Waals surface area contributed by atoms with Crippen LogP contribution >= 0.6 is 0 Å². The second-order valence-electron chi connectivity index (χ2n) is 3.24. The van der Waals surface area contributed by atoms with Gasteiger partial charge in [0.05, 0.1) is 7.11 Å². The van der Waals surface area contributed by atoms with Crippen LogP contribution < -0.4 is 10.5 Å². The van der Waals surface area contributed by atoms with Crippen LogP contribution in [0.15, 0.2) is 6.07 Å². The molecule has 1 aromatic rings. The summed E-state index contributed by atoms with van der Waals surface area (Å²) < 4.78 is 60.5. The molecule has 0 amide bonds. The number of carbonyl (C=O) groups is 1. The van der Waals surface area contributed by atoms with Crippen LogP contribution in [0.2, 0.25) is 0 Å². The number of ether oxygens (including phenoxy) is 2. The zero-order valence-electron chi connectivity index (χ0n) is 9.18. The molecule has 0 aromatic heterocycles. The maximum atomic E-state index is 13.1. The molecular weight excluding hydrogens is 258 g/mol. The molecule has 8 heteroatoms. The molecular formula is C10H9F4NO3. The van der Waals surface area contributed by atoms with E-state index in [1.807, 2.05) is 0 Å². The van der Waals surface area contributed by atoms with Gasteiger partial charge in [0.2, 0.25) is 11.6 Å². The molecule has 1 atom stereocenters. The largest absolute Gasteiger partial charge is 0.485 e. The first-order valence-corrected chi connectivity index (χ1v) is 4.67. The standard InChI is InChI=1S/C10H9F4NO3/c1-17-10(16)6(15)3-18-9-7(13)4(11)2-5(12)8(9)14/h2,6H,3,15H2,1H3. The van der Waals surface area contributed by atoms with Gasteiger partial charge in [-0.1, -0.05) is 0 Å². The second-order valence-corrected chi connectivity index (χ2v) is 3.24. The molecule has 0 bridgehead atoms. The number of rotatable bonds is 4. The lowest BCUT2D eigenvalue weighted by atomic mass is 10.3. The van der Waals surface area contributed by atoms with E-state index in [-0.39, 0.29) is 6.07 Å². The summed E-state index contributed by atoms with van der Waals surface area (Å²) in [6.07, 6.45) is 0. The van der Waals surface area contributed by atoms with E-state index < -0.39 is 47.6 Å². The fourth-order valence-corrected chi connectivity index (χ4v) is 1.07. The Hall–Kier alpha value is -1.83. The van der Waals surface area contributed by atoms with Gasteiger partial charge in [-0.2, -0.15) is 8.78 Å². The Morgan fingerprint density at radius 2 is 1.78 bits per heavy atom. The number of benzene rings is 1. The van der Waals surface area contributed by atoms with Gasteiger partial charge < -0.3 is 15.2 Å². The predicted octanol–water partition coefficient (Wildman–Crippen LogP) is 1.12. The summed E-state index contributed by atoms with van der Waals surface area (Å²) >= 11 is 0. The molecule has 18 heavy (non-hydrogen) atoms. The quantitative estimate of drug-likeness (QED) is 0.504. The number of hydrogen-bond donors (Lipinski definition) is 1. The van der Waals surface area contributed by atoms with E-state index in [2.05, 4.69) is 9.47 Å². The molecule has 0 heterocycles. The van der Waals surface area contributed by atoms with Crippen molar-refractivity contribution >= 4 is 5.97 Å². The summed E-state index contributed by atoms with van der Waals surface area (Å²) in [4.78, 5) is 10.9. The third-order valence-electron chi connectivity index (χ3n) is 1.98. The summed E-state index contributed by atoms with van der Waals surface area (Å²) in [5, 5.41) is 0. The van der Waals surface area contributed by atoms with E-state index in [9.17, 15) is 22.4 Å². The molecule has 1 unspecified atom stereocenters. The smallest absolute Gasteiger partial charge is 0.326 e. The zero-order valence-corrected chi connectivity index (χ0v) is 9.18. The third-order valence-corrected chi connectivity index (χ3v) is 1.98. The first kappa shape index (κ1) is 14.2. The van der Waals surface area contributed by atoms with Crippen LogP contribution in [0.1, 0.15) is 0 Å². The van der Waals surface area contributed by atoms with Crippen molar-refractivity contribution in [2.24, 2.45) is 5.73 Å². The van der Waals surface area contributed by atoms with E-state index in [1.54, 1.807) is 0 Å². The van der Waals surface area contributed by atoms with Crippen LogP contribution in [0.5, 0.6) is 5.75 Å². The topological polar surface area (TPSA) is 61.5 Å². The van der Waals surface area contributed by atoms with Crippen molar-refractivity contribution in [1.29, 1.82) is 0 Å². The maximum absolute atomic E-state index is 13.1. The van der Waals surface area contributed by atoms with Gasteiger partial charge in [-0.3, -0.25) is 4.79 Å². The van der Waals surface area contributed by atoms with E-state index in [0.29, 0.717) is 0 Å². The molecule has 1 aromatic carbocycles. The number of nitrogens with two attached hydrogens (primary N) is 1. The van der Waals surface area contributed by atoms with Crippen molar-refractivity contribution in [3.05, 3.63) is 29.3 Å². The van der Waals surface area contributed by atoms with Gasteiger partial charge in [0, 0.05) is 6.07 Å². The summed E-state index contributed by atoms with van der Waals surface area (Å²) in [6.45, 7) is -0.691. The first-order chi connectivity index (χ1) is 8.38. The highest BCUT2D eigenvalue weighted by Gasteiger charge is 2.22. The number of methoxy groups -OCH3 is 1.